The fourth-order valence-electron chi connectivity index (χ4n) is 6.78. The summed E-state index contributed by atoms with van der Waals surface area (Å²) in [5.74, 6) is 0. The molecule has 3 nitrogen and oxygen atoms in total. The van der Waals surface area contributed by atoms with E-state index in [-0.39, 0.29) is 0 Å². The third kappa shape index (κ3) is 3.73. The zero-order valence-electron chi connectivity index (χ0n) is 23.9. The van der Waals surface area contributed by atoms with E-state index >= 15 is 0 Å². The van der Waals surface area contributed by atoms with Crippen LogP contribution in [-0.4, -0.2) is 14.1 Å². The minimum atomic E-state index is 0.957. The summed E-state index contributed by atoms with van der Waals surface area (Å²) in [5, 5.41) is 4.84. The van der Waals surface area contributed by atoms with Gasteiger partial charge in [0, 0.05) is 39.1 Å². The largest absolute Gasteiger partial charge is 0.309 e. The summed E-state index contributed by atoms with van der Waals surface area (Å²) in [6.45, 7) is 0. The topological polar surface area (TPSA) is 22.8 Å². The van der Waals surface area contributed by atoms with Crippen molar-refractivity contribution in [2.24, 2.45) is 0 Å². The maximum absolute atomic E-state index is 4.94. The van der Waals surface area contributed by atoms with E-state index in [0.717, 1.165) is 27.9 Å². The fraction of sp³-hybridized carbons (Fsp3) is 0. The van der Waals surface area contributed by atoms with Crippen molar-refractivity contribution in [2.75, 3.05) is 0 Å². The number of aromatic nitrogens is 3. The van der Waals surface area contributed by atoms with Crippen LogP contribution < -0.4 is 0 Å². The number of nitrogens with zero attached hydrogens (tertiary/aromatic N) is 3. The molecule has 0 amide bonds. The molecule has 0 N–H and O–H groups in total. The van der Waals surface area contributed by atoms with Crippen LogP contribution in [0.2, 0.25) is 0 Å². The van der Waals surface area contributed by atoms with Crippen molar-refractivity contribution >= 4 is 43.7 Å². The van der Waals surface area contributed by atoms with Gasteiger partial charge < -0.3 is 4.57 Å². The maximum atomic E-state index is 4.94. The molecule has 0 aliphatic carbocycles. The maximum Gasteiger partial charge on any atom is 0.145 e. The Morgan fingerprint density at radius 3 is 1.57 bits per heavy atom. The van der Waals surface area contributed by atoms with E-state index in [9.17, 15) is 0 Å². The van der Waals surface area contributed by atoms with Crippen molar-refractivity contribution in [3.05, 3.63) is 164 Å². The van der Waals surface area contributed by atoms with Crippen molar-refractivity contribution in [1.82, 2.24) is 14.1 Å². The first-order valence-corrected chi connectivity index (χ1v) is 15.0. The van der Waals surface area contributed by atoms with Crippen LogP contribution >= 0.6 is 0 Å². The highest BCUT2D eigenvalue weighted by Crippen LogP contribution is 2.41. The van der Waals surface area contributed by atoms with Gasteiger partial charge in [-0.3, -0.25) is 4.57 Å². The smallest absolute Gasteiger partial charge is 0.145 e. The number of rotatable bonds is 4. The molecule has 3 heteroatoms. The first-order valence-electron chi connectivity index (χ1n) is 15.0. The molecule has 3 aromatic heterocycles. The molecule has 6 aromatic carbocycles. The minimum absolute atomic E-state index is 0.957. The Morgan fingerprint density at radius 2 is 0.909 bits per heavy atom. The average molecular weight is 562 g/mol. The van der Waals surface area contributed by atoms with Gasteiger partial charge in [0.1, 0.15) is 5.65 Å². The van der Waals surface area contributed by atoms with Crippen LogP contribution in [0.1, 0.15) is 0 Å². The third-order valence-electron chi connectivity index (χ3n) is 8.79. The second-order valence-corrected chi connectivity index (χ2v) is 11.2. The highest BCUT2D eigenvalue weighted by atomic mass is 15.1. The Balaban J connectivity index is 1.32. The molecule has 0 saturated carbocycles. The predicted molar refractivity (Wildman–Crippen MR) is 184 cm³/mol. The minimum Gasteiger partial charge on any atom is -0.309 e. The van der Waals surface area contributed by atoms with Crippen molar-refractivity contribution in [3.63, 3.8) is 0 Å². The Bertz CT molecular complexity index is 2450. The van der Waals surface area contributed by atoms with Crippen molar-refractivity contribution in [1.29, 1.82) is 0 Å². The second kappa shape index (κ2) is 9.82. The van der Waals surface area contributed by atoms with Crippen molar-refractivity contribution in [3.8, 4) is 33.6 Å². The van der Waals surface area contributed by atoms with Crippen LogP contribution in [-0.2, 0) is 0 Å². The Kier molecular flexibility index (Phi) is 5.50. The van der Waals surface area contributed by atoms with Gasteiger partial charge in [-0.15, -0.1) is 0 Å². The fourth-order valence-corrected chi connectivity index (χ4v) is 6.78. The summed E-state index contributed by atoms with van der Waals surface area (Å²) in [7, 11) is 0. The van der Waals surface area contributed by atoms with Crippen molar-refractivity contribution in [2.45, 2.75) is 0 Å². The van der Waals surface area contributed by atoms with Gasteiger partial charge in [-0.25, -0.2) is 4.98 Å². The van der Waals surface area contributed by atoms with Crippen LogP contribution in [0.5, 0.6) is 0 Å². The SMILES string of the molecule is c1ccc(-c2ccc(-n3c4ccc5c6ccccc6n(-c6ccc(-c7ccccc7)cc6)c5c4c4cccnc43)cc2)cc1. The summed E-state index contributed by atoms with van der Waals surface area (Å²) in [6.07, 6.45) is 1.89. The summed E-state index contributed by atoms with van der Waals surface area (Å²) in [6, 6.07) is 56.4. The van der Waals surface area contributed by atoms with Gasteiger partial charge in [-0.2, -0.15) is 0 Å². The molecule has 0 spiro atoms. The summed E-state index contributed by atoms with van der Waals surface area (Å²) in [4.78, 5) is 4.94. The first-order chi connectivity index (χ1) is 21.8. The van der Waals surface area contributed by atoms with E-state index in [4.69, 9.17) is 4.98 Å². The number of para-hydroxylation sites is 1. The van der Waals surface area contributed by atoms with Gasteiger partial charge in [0.25, 0.3) is 0 Å². The lowest BCUT2D eigenvalue weighted by Gasteiger charge is -2.11. The van der Waals surface area contributed by atoms with Gasteiger partial charge in [0.05, 0.1) is 16.6 Å². The molecule has 0 aliphatic heterocycles. The molecule has 206 valence electrons. The Morgan fingerprint density at radius 1 is 0.364 bits per heavy atom. The zero-order chi connectivity index (χ0) is 29.0. The lowest BCUT2D eigenvalue weighted by molar-refractivity contribution is 1.14. The van der Waals surface area contributed by atoms with Crippen LogP contribution in [0, 0.1) is 0 Å². The van der Waals surface area contributed by atoms with Gasteiger partial charge in [-0.1, -0.05) is 109 Å². The first kappa shape index (κ1) is 24.6. The lowest BCUT2D eigenvalue weighted by atomic mass is 10.1. The molecule has 0 bridgehead atoms. The molecule has 0 unspecified atom stereocenters. The predicted octanol–water partition coefficient (Wildman–Crippen LogP) is 10.6. The number of benzene rings is 6. The van der Waals surface area contributed by atoms with Crippen LogP contribution in [0.4, 0.5) is 0 Å². The molecule has 44 heavy (non-hydrogen) atoms. The highest BCUT2D eigenvalue weighted by Gasteiger charge is 2.21. The Labute approximate surface area is 254 Å². The number of pyridine rings is 1. The van der Waals surface area contributed by atoms with E-state index < -0.39 is 0 Å². The lowest BCUT2D eigenvalue weighted by Crippen LogP contribution is -1.96. The van der Waals surface area contributed by atoms with Gasteiger partial charge in [-0.05, 0) is 70.8 Å². The molecule has 3 heterocycles. The summed E-state index contributed by atoms with van der Waals surface area (Å²) >= 11 is 0. The van der Waals surface area contributed by atoms with E-state index in [1.165, 1.54) is 49.4 Å². The van der Waals surface area contributed by atoms with Crippen molar-refractivity contribution < 1.29 is 0 Å². The molecule has 0 saturated heterocycles. The monoisotopic (exact) mass is 561 g/mol. The molecule has 0 atom stereocenters. The molecule has 9 rings (SSSR count). The molecule has 9 aromatic rings. The summed E-state index contributed by atoms with van der Waals surface area (Å²) in [5.41, 5.74) is 11.6. The van der Waals surface area contributed by atoms with E-state index in [2.05, 4.69) is 161 Å². The van der Waals surface area contributed by atoms with Gasteiger partial charge in [0.15, 0.2) is 0 Å². The molecular formula is C41H27N3. The van der Waals surface area contributed by atoms with Crippen LogP contribution in [0.15, 0.2) is 164 Å². The van der Waals surface area contributed by atoms with Gasteiger partial charge >= 0.3 is 0 Å². The molecular weight excluding hydrogens is 534 g/mol. The van der Waals surface area contributed by atoms with Gasteiger partial charge in [0.2, 0.25) is 0 Å². The van der Waals surface area contributed by atoms with E-state index in [0.29, 0.717) is 0 Å². The zero-order valence-corrected chi connectivity index (χ0v) is 23.9. The van der Waals surface area contributed by atoms with Crippen LogP contribution in [0.3, 0.4) is 0 Å². The quantitative estimate of drug-likeness (QED) is 0.210. The molecule has 0 radical (unpaired) electrons. The van der Waals surface area contributed by atoms with E-state index in [1.807, 2.05) is 12.3 Å². The highest BCUT2D eigenvalue weighted by molar-refractivity contribution is 6.25. The standard InChI is InChI=1S/C41H27N3/c1-3-10-28(11-4-1)30-17-21-32(22-18-30)43-37-16-8-7-14-34(37)35-25-26-38-39(40(35)43)36-15-9-27-42-41(36)44(38)33-23-19-31(20-24-33)29-12-5-2-6-13-29/h1-27H. The Hall–Kier alpha value is -5.93. The van der Waals surface area contributed by atoms with Crippen LogP contribution in [0.25, 0.3) is 77.4 Å². The number of fused-ring (bicyclic) bond motifs is 7. The average Bonchev–Trinajstić information content (AvgIpc) is 3.62. The molecule has 0 fully saturated rings. The normalized spacial score (nSPS) is 11.6. The summed E-state index contributed by atoms with van der Waals surface area (Å²) < 4.78 is 4.73. The van der Waals surface area contributed by atoms with E-state index in [1.54, 1.807) is 0 Å². The third-order valence-corrected chi connectivity index (χ3v) is 8.79. The number of hydrogen-bond acceptors (Lipinski definition) is 1. The second-order valence-electron chi connectivity index (χ2n) is 11.2. The number of hydrogen-bond donors (Lipinski definition) is 0. The molecule has 0 aliphatic rings.